The van der Waals surface area contributed by atoms with E-state index >= 15 is 0 Å². The Morgan fingerprint density at radius 2 is 1.93 bits per heavy atom. The first-order valence-electron chi connectivity index (χ1n) is 7.87. The number of alkyl carbamates (subject to hydrolysis) is 1. The van der Waals surface area contributed by atoms with Crippen molar-refractivity contribution in [2.75, 3.05) is 0 Å². The van der Waals surface area contributed by atoms with Crippen molar-refractivity contribution < 1.29 is 22.4 Å². The third kappa shape index (κ3) is 6.08. The molecule has 1 amide bonds. The number of nitrogens with zero attached hydrogens (tertiary/aromatic N) is 2. The lowest BCUT2D eigenvalue weighted by Crippen LogP contribution is -2.34. The Hall–Kier alpha value is -1.84. The first kappa shape index (κ1) is 21.5. The van der Waals surface area contributed by atoms with E-state index in [1.807, 2.05) is 0 Å². The summed E-state index contributed by atoms with van der Waals surface area (Å²) in [7, 11) is -3.90. The lowest BCUT2D eigenvalue weighted by molar-refractivity contribution is 0.0500. The highest BCUT2D eigenvalue weighted by atomic mass is 35.5. The zero-order valence-corrected chi connectivity index (χ0v) is 17.4. The number of amides is 1. The molecule has 1 aromatic carbocycles. The fourth-order valence-electron chi connectivity index (χ4n) is 1.98. The standard InChI is InChI=1S/C16H19Cl2N3O5S/c1-9(19-14(22)26-16(2,3)4)13-20-21-15(25-13)27(23,24)8-10-5-6-11(17)12(18)7-10/h5-7,9H,8H2,1-4H3,(H,19,22)/t9-/m0/s1. The molecule has 0 aliphatic carbocycles. The summed E-state index contributed by atoms with van der Waals surface area (Å²) in [5.74, 6) is -0.451. The maximum absolute atomic E-state index is 12.5. The summed E-state index contributed by atoms with van der Waals surface area (Å²) in [5, 5.41) is 9.77. The first-order chi connectivity index (χ1) is 12.4. The summed E-state index contributed by atoms with van der Waals surface area (Å²) in [4.78, 5) is 11.8. The van der Waals surface area contributed by atoms with E-state index in [4.69, 9.17) is 32.4 Å². The van der Waals surface area contributed by atoms with Crippen molar-refractivity contribution in [1.82, 2.24) is 15.5 Å². The number of benzene rings is 1. The third-order valence-electron chi connectivity index (χ3n) is 3.13. The molecule has 1 atom stereocenters. The Kier molecular flexibility index (Phi) is 6.39. The van der Waals surface area contributed by atoms with Crippen LogP contribution >= 0.6 is 23.2 Å². The van der Waals surface area contributed by atoms with Crippen LogP contribution in [0.15, 0.2) is 27.8 Å². The Morgan fingerprint density at radius 1 is 1.26 bits per heavy atom. The molecule has 1 heterocycles. The van der Waals surface area contributed by atoms with Gasteiger partial charge in [0, 0.05) is 0 Å². The van der Waals surface area contributed by atoms with Gasteiger partial charge in [0.2, 0.25) is 15.7 Å². The average Bonchev–Trinajstić information content (AvgIpc) is 2.99. The van der Waals surface area contributed by atoms with Gasteiger partial charge < -0.3 is 14.5 Å². The molecular formula is C16H19Cl2N3O5S. The number of ether oxygens (including phenoxy) is 1. The van der Waals surface area contributed by atoms with Gasteiger partial charge in [0.05, 0.1) is 15.8 Å². The van der Waals surface area contributed by atoms with E-state index in [1.54, 1.807) is 27.7 Å². The summed E-state index contributed by atoms with van der Waals surface area (Å²) >= 11 is 11.7. The molecule has 0 unspecified atom stereocenters. The van der Waals surface area contributed by atoms with Crippen LogP contribution in [0.2, 0.25) is 10.0 Å². The van der Waals surface area contributed by atoms with Gasteiger partial charge in [-0.1, -0.05) is 34.4 Å². The monoisotopic (exact) mass is 435 g/mol. The van der Waals surface area contributed by atoms with Gasteiger partial charge in [0.15, 0.2) is 0 Å². The van der Waals surface area contributed by atoms with E-state index in [9.17, 15) is 13.2 Å². The van der Waals surface area contributed by atoms with Crippen molar-refractivity contribution in [3.63, 3.8) is 0 Å². The predicted molar refractivity (Wildman–Crippen MR) is 99.4 cm³/mol. The molecule has 1 aromatic heterocycles. The number of nitrogens with one attached hydrogen (secondary N) is 1. The first-order valence-corrected chi connectivity index (χ1v) is 10.3. The van der Waals surface area contributed by atoms with Crippen LogP contribution in [0, 0.1) is 0 Å². The van der Waals surface area contributed by atoms with Crippen LogP contribution in [0.4, 0.5) is 4.79 Å². The van der Waals surface area contributed by atoms with E-state index in [0.717, 1.165) is 0 Å². The molecule has 0 saturated carbocycles. The van der Waals surface area contributed by atoms with E-state index in [2.05, 4.69) is 15.5 Å². The summed E-state index contributed by atoms with van der Waals surface area (Å²) in [5.41, 5.74) is -0.253. The van der Waals surface area contributed by atoms with Crippen molar-refractivity contribution in [3.8, 4) is 0 Å². The summed E-state index contributed by atoms with van der Waals surface area (Å²) in [6.07, 6.45) is -0.687. The zero-order valence-electron chi connectivity index (χ0n) is 15.1. The van der Waals surface area contributed by atoms with Crippen LogP contribution in [0.3, 0.4) is 0 Å². The molecule has 2 aromatic rings. The third-order valence-corrected chi connectivity index (χ3v) is 5.28. The highest BCUT2D eigenvalue weighted by Gasteiger charge is 2.26. The number of aromatic nitrogens is 2. The van der Waals surface area contributed by atoms with Gasteiger partial charge in [-0.05, 0) is 45.4 Å². The molecular weight excluding hydrogens is 417 g/mol. The maximum atomic E-state index is 12.5. The minimum atomic E-state index is -3.90. The van der Waals surface area contributed by atoms with Gasteiger partial charge >= 0.3 is 11.3 Å². The number of halogens is 2. The number of carbonyl (C=O) groups is 1. The molecule has 0 spiro atoms. The van der Waals surface area contributed by atoms with E-state index in [0.29, 0.717) is 10.6 Å². The molecule has 27 heavy (non-hydrogen) atoms. The normalized spacial score (nSPS) is 13.3. The van der Waals surface area contributed by atoms with E-state index in [-0.39, 0.29) is 16.7 Å². The Labute approximate surface area is 167 Å². The predicted octanol–water partition coefficient (Wildman–Crippen LogP) is 3.94. The maximum Gasteiger partial charge on any atom is 0.408 e. The van der Waals surface area contributed by atoms with Gasteiger partial charge in [-0.2, -0.15) is 0 Å². The van der Waals surface area contributed by atoms with Crippen molar-refractivity contribution >= 4 is 39.1 Å². The minimum Gasteiger partial charge on any atom is -0.444 e. The molecule has 0 fully saturated rings. The van der Waals surface area contributed by atoms with Gasteiger partial charge in [0.1, 0.15) is 11.6 Å². The number of hydrogen-bond acceptors (Lipinski definition) is 7. The molecule has 8 nitrogen and oxygen atoms in total. The van der Waals surface area contributed by atoms with Gasteiger partial charge in [-0.25, -0.2) is 13.2 Å². The molecule has 2 rings (SSSR count). The van der Waals surface area contributed by atoms with Crippen molar-refractivity contribution in [3.05, 3.63) is 39.7 Å². The molecule has 0 radical (unpaired) electrons. The molecule has 148 valence electrons. The largest absolute Gasteiger partial charge is 0.444 e. The Morgan fingerprint density at radius 3 is 2.52 bits per heavy atom. The highest BCUT2D eigenvalue weighted by Crippen LogP contribution is 2.25. The molecule has 1 N–H and O–H groups in total. The quantitative estimate of drug-likeness (QED) is 0.756. The van der Waals surface area contributed by atoms with E-state index < -0.39 is 32.8 Å². The minimum absolute atomic E-state index is 0.0615. The number of carbonyl (C=O) groups excluding carboxylic acids is 1. The van der Waals surface area contributed by atoms with Crippen LogP contribution in [-0.4, -0.2) is 30.3 Å². The number of hydrogen-bond donors (Lipinski definition) is 1. The number of rotatable bonds is 5. The average molecular weight is 436 g/mol. The topological polar surface area (TPSA) is 111 Å². The molecule has 0 aliphatic heterocycles. The SMILES string of the molecule is C[C@H](NC(=O)OC(C)(C)C)c1nnc(S(=O)(=O)Cc2ccc(Cl)c(Cl)c2)o1. The summed E-state index contributed by atoms with van der Waals surface area (Å²) in [6.45, 7) is 6.72. The van der Waals surface area contributed by atoms with Crippen LogP contribution < -0.4 is 5.32 Å². The summed E-state index contributed by atoms with van der Waals surface area (Å²) in [6, 6.07) is 3.75. The van der Waals surface area contributed by atoms with Crippen molar-refractivity contribution in [2.24, 2.45) is 0 Å². The lowest BCUT2D eigenvalue weighted by atomic mass is 10.2. The van der Waals surface area contributed by atoms with Gasteiger partial charge in [-0.3, -0.25) is 0 Å². The van der Waals surface area contributed by atoms with Crippen LogP contribution in [0.25, 0.3) is 0 Å². The van der Waals surface area contributed by atoms with Crippen molar-refractivity contribution in [2.45, 2.75) is 50.3 Å². The van der Waals surface area contributed by atoms with Crippen LogP contribution in [0.5, 0.6) is 0 Å². The Bertz CT molecular complexity index is 938. The molecule has 0 aliphatic rings. The fraction of sp³-hybridized carbons (Fsp3) is 0.438. The molecule has 0 saturated heterocycles. The highest BCUT2D eigenvalue weighted by molar-refractivity contribution is 7.90. The van der Waals surface area contributed by atoms with Gasteiger partial charge in [-0.15, -0.1) is 5.10 Å². The fourth-order valence-corrected chi connectivity index (χ4v) is 3.42. The van der Waals surface area contributed by atoms with Crippen molar-refractivity contribution in [1.29, 1.82) is 0 Å². The van der Waals surface area contributed by atoms with Crippen LogP contribution in [-0.2, 0) is 20.3 Å². The Balaban J connectivity index is 2.10. The zero-order chi connectivity index (χ0) is 20.4. The van der Waals surface area contributed by atoms with Crippen LogP contribution in [0.1, 0.15) is 45.2 Å². The van der Waals surface area contributed by atoms with E-state index in [1.165, 1.54) is 18.2 Å². The lowest BCUT2D eigenvalue weighted by Gasteiger charge is -2.20. The second-order valence-electron chi connectivity index (χ2n) is 6.78. The smallest absolute Gasteiger partial charge is 0.408 e. The molecule has 0 bridgehead atoms. The summed E-state index contributed by atoms with van der Waals surface area (Å²) < 4.78 is 35.3. The second kappa shape index (κ2) is 8.04. The number of sulfone groups is 1. The second-order valence-corrected chi connectivity index (χ2v) is 9.46. The molecule has 11 heteroatoms. The van der Waals surface area contributed by atoms with Gasteiger partial charge in [0.25, 0.3) is 0 Å².